The summed E-state index contributed by atoms with van der Waals surface area (Å²) in [6, 6.07) is 23.5. The van der Waals surface area contributed by atoms with Crippen molar-refractivity contribution in [1.29, 1.82) is 0 Å². The van der Waals surface area contributed by atoms with Gasteiger partial charge in [-0.3, -0.25) is 4.79 Å². The largest absolute Gasteiger partial charge is 0.271 e. The molecule has 0 fully saturated rings. The van der Waals surface area contributed by atoms with Gasteiger partial charge < -0.3 is 0 Å². The van der Waals surface area contributed by atoms with Crippen molar-refractivity contribution < 1.29 is 4.79 Å². The van der Waals surface area contributed by atoms with Gasteiger partial charge in [-0.1, -0.05) is 72.8 Å². The molecule has 1 amide bonds. The lowest BCUT2D eigenvalue weighted by Crippen LogP contribution is -2.17. The zero-order chi connectivity index (χ0) is 16.8. The maximum Gasteiger partial charge on any atom is 0.271 e. The van der Waals surface area contributed by atoms with Crippen LogP contribution in [0.25, 0.3) is 16.8 Å². The lowest BCUT2D eigenvalue weighted by Gasteiger charge is -2.04. The number of hydrogen-bond acceptors (Lipinski definition) is 2. The van der Waals surface area contributed by atoms with Crippen molar-refractivity contribution in [2.24, 2.45) is 5.10 Å². The van der Waals surface area contributed by atoms with Gasteiger partial charge in [-0.05, 0) is 34.9 Å². The molecule has 0 spiro atoms. The summed E-state index contributed by atoms with van der Waals surface area (Å²) < 4.78 is 0. The molecule has 3 aromatic rings. The van der Waals surface area contributed by atoms with Crippen LogP contribution in [0.1, 0.15) is 22.8 Å². The molecule has 0 unspecified atom stereocenters. The number of hydrogen-bond donors (Lipinski definition) is 1. The van der Waals surface area contributed by atoms with Crippen molar-refractivity contribution in [3.05, 3.63) is 89.5 Å². The summed E-state index contributed by atoms with van der Waals surface area (Å²) in [5.41, 5.74) is 5.27. The van der Waals surface area contributed by atoms with Crippen molar-refractivity contribution in [3.63, 3.8) is 0 Å². The minimum atomic E-state index is -0.212. The number of allylic oxidation sites excluding steroid dienone is 1. The smallest absolute Gasteiger partial charge is 0.267 e. The van der Waals surface area contributed by atoms with Crippen LogP contribution in [0.5, 0.6) is 0 Å². The van der Waals surface area contributed by atoms with Gasteiger partial charge in [0.1, 0.15) is 0 Å². The number of nitrogens with zero attached hydrogens (tertiary/aromatic N) is 1. The molecule has 3 aromatic carbocycles. The normalized spacial score (nSPS) is 11.8. The first-order valence-electron chi connectivity index (χ1n) is 7.78. The van der Waals surface area contributed by atoms with Crippen LogP contribution in [0.4, 0.5) is 0 Å². The minimum Gasteiger partial charge on any atom is -0.267 e. The summed E-state index contributed by atoms with van der Waals surface area (Å²) in [5.74, 6) is -0.212. The highest BCUT2D eigenvalue weighted by atomic mass is 16.2. The van der Waals surface area contributed by atoms with Crippen LogP contribution < -0.4 is 5.43 Å². The fourth-order valence-corrected chi connectivity index (χ4v) is 2.53. The minimum absolute atomic E-state index is 0.212. The molecule has 0 radical (unpaired) electrons. The van der Waals surface area contributed by atoms with Gasteiger partial charge in [0.15, 0.2) is 0 Å². The fraction of sp³-hybridized carbons (Fsp3) is 0.0476. The molecular formula is C21H18N2O. The molecule has 0 aliphatic carbocycles. The monoisotopic (exact) mass is 314 g/mol. The van der Waals surface area contributed by atoms with E-state index in [0.717, 1.165) is 21.9 Å². The van der Waals surface area contributed by atoms with Crippen molar-refractivity contribution in [2.45, 2.75) is 6.92 Å². The Balaban J connectivity index is 1.72. The van der Waals surface area contributed by atoms with Crippen LogP contribution in [-0.2, 0) is 0 Å². The summed E-state index contributed by atoms with van der Waals surface area (Å²) in [6.07, 6.45) is 3.66. The molecule has 0 aliphatic rings. The molecule has 24 heavy (non-hydrogen) atoms. The van der Waals surface area contributed by atoms with E-state index in [0.29, 0.717) is 5.56 Å². The second kappa shape index (κ2) is 7.38. The van der Waals surface area contributed by atoms with E-state index in [2.05, 4.69) is 10.5 Å². The Kier molecular flexibility index (Phi) is 4.82. The molecule has 118 valence electrons. The molecule has 0 bridgehead atoms. The number of carbonyl (C=O) groups excluding carboxylic acids is 1. The average molecular weight is 314 g/mol. The quantitative estimate of drug-likeness (QED) is 0.552. The number of carbonyl (C=O) groups is 1. The zero-order valence-electron chi connectivity index (χ0n) is 13.4. The second-order valence-electron chi connectivity index (χ2n) is 5.52. The van der Waals surface area contributed by atoms with Gasteiger partial charge in [0, 0.05) is 5.56 Å². The topological polar surface area (TPSA) is 41.5 Å². The predicted molar refractivity (Wildman–Crippen MR) is 100.0 cm³/mol. The summed E-state index contributed by atoms with van der Waals surface area (Å²) in [5, 5.41) is 6.01. The van der Waals surface area contributed by atoms with E-state index >= 15 is 0 Å². The Labute approximate surface area is 141 Å². The lowest BCUT2D eigenvalue weighted by molar-refractivity contribution is 0.0957. The Morgan fingerprint density at radius 1 is 0.917 bits per heavy atom. The predicted octanol–water partition coefficient (Wildman–Crippen LogP) is 4.66. The van der Waals surface area contributed by atoms with Gasteiger partial charge in [-0.2, -0.15) is 5.10 Å². The Bertz CT molecular complexity index is 906. The number of rotatable bonds is 4. The Morgan fingerprint density at radius 3 is 2.46 bits per heavy atom. The highest BCUT2D eigenvalue weighted by Crippen LogP contribution is 2.18. The number of nitrogens with one attached hydrogen (secondary N) is 1. The third-order valence-electron chi connectivity index (χ3n) is 3.66. The van der Waals surface area contributed by atoms with Gasteiger partial charge in [0.2, 0.25) is 0 Å². The molecular weight excluding hydrogens is 296 g/mol. The van der Waals surface area contributed by atoms with Gasteiger partial charge in [-0.15, -0.1) is 0 Å². The first-order chi connectivity index (χ1) is 11.7. The maximum atomic E-state index is 12.4. The fourth-order valence-electron chi connectivity index (χ4n) is 2.53. The van der Waals surface area contributed by atoms with Crippen LogP contribution in [-0.4, -0.2) is 12.1 Å². The summed E-state index contributed by atoms with van der Waals surface area (Å²) in [7, 11) is 0. The molecule has 3 nitrogen and oxygen atoms in total. The van der Waals surface area contributed by atoms with Crippen LogP contribution in [0, 0.1) is 0 Å². The van der Waals surface area contributed by atoms with Crippen LogP contribution in [0.2, 0.25) is 0 Å². The van der Waals surface area contributed by atoms with Crippen molar-refractivity contribution in [2.75, 3.05) is 0 Å². The first-order valence-corrected chi connectivity index (χ1v) is 7.78. The van der Waals surface area contributed by atoms with E-state index in [-0.39, 0.29) is 5.91 Å². The summed E-state index contributed by atoms with van der Waals surface area (Å²) >= 11 is 0. The van der Waals surface area contributed by atoms with Gasteiger partial charge >= 0.3 is 0 Å². The first kappa shape index (κ1) is 15.7. The molecule has 0 atom stereocenters. The van der Waals surface area contributed by atoms with E-state index < -0.39 is 0 Å². The highest BCUT2D eigenvalue weighted by Gasteiger charge is 2.08. The van der Waals surface area contributed by atoms with E-state index in [1.165, 1.54) is 0 Å². The van der Waals surface area contributed by atoms with Crippen molar-refractivity contribution in [3.8, 4) is 0 Å². The maximum absolute atomic E-state index is 12.4. The number of benzene rings is 3. The summed E-state index contributed by atoms with van der Waals surface area (Å²) in [6.45, 7) is 1.95. The summed E-state index contributed by atoms with van der Waals surface area (Å²) in [4.78, 5) is 12.4. The second-order valence-corrected chi connectivity index (χ2v) is 5.52. The van der Waals surface area contributed by atoms with Crippen LogP contribution >= 0.6 is 0 Å². The molecule has 0 saturated heterocycles. The van der Waals surface area contributed by atoms with E-state index in [1.54, 1.807) is 12.3 Å². The molecule has 3 rings (SSSR count). The van der Waals surface area contributed by atoms with Gasteiger partial charge in [0.25, 0.3) is 5.91 Å². The molecule has 0 saturated carbocycles. The molecule has 3 heteroatoms. The highest BCUT2D eigenvalue weighted by molar-refractivity contribution is 6.07. The Hall–Kier alpha value is -3.20. The van der Waals surface area contributed by atoms with Gasteiger partial charge in [0.05, 0.1) is 6.21 Å². The Morgan fingerprint density at radius 2 is 1.62 bits per heavy atom. The van der Waals surface area contributed by atoms with Crippen molar-refractivity contribution in [1.82, 2.24) is 5.43 Å². The van der Waals surface area contributed by atoms with Crippen LogP contribution in [0.15, 0.2) is 83.5 Å². The number of hydrazone groups is 1. The third kappa shape index (κ3) is 3.76. The average Bonchev–Trinajstić information content (AvgIpc) is 2.62. The molecule has 1 N–H and O–H groups in total. The number of amides is 1. The van der Waals surface area contributed by atoms with Crippen LogP contribution in [0.3, 0.4) is 0 Å². The molecule has 0 aromatic heterocycles. The third-order valence-corrected chi connectivity index (χ3v) is 3.66. The van der Waals surface area contributed by atoms with E-state index in [1.807, 2.05) is 79.7 Å². The SMILES string of the molecule is CC(=C/c1ccccc1)/C=N/NC(=O)c1cccc2ccccc12. The van der Waals surface area contributed by atoms with E-state index in [4.69, 9.17) is 0 Å². The lowest BCUT2D eigenvalue weighted by atomic mass is 10.0. The van der Waals surface area contributed by atoms with E-state index in [9.17, 15) is 4.79 Å². The molecule has 0 heterocycles. The number of fused-ring (bicyclic) bond motifs is 1. The standard InChI is InChI=1S/C21H18N2O/c1-16(14-17-8-3-2-4-9-17)15-22-23-21(24)20-13-7-11-18-10-5-6-12-19(18)20/h2-15H,1H3,(H,23,24)/b16-14-,22-15+. The molecule has 0 aliphatic heterocycles. The zero-order valence-corrected chi connectivity index (χ0v) is 13.4. The van der Waals surface area contributed by atoms with Gasteiger partial charge in [-0.25, -0.2) is 5.43 Å². The van der Waals surface area contributed by atoms with Crippen molar-refractivity contribution >= 4 is 29.0 Å².